The van der Waals surface area contributed by atoms with Crippen LogP contribution in [0.5, 0.6) is 17.4 Å². The highest BCUT2D eigenvalue weighted by Gasteiger charge is 2.21. The van der Waals surface area contributed by atoms with Crippen molar-refractivity contribution in [2.45, 2.75) is 13.5 Å². The molecule has 170 valence electrons. The lowest BCUT2D eigenvalue weighted by atomic mass is 10.1. The topological polar surface area (TPSA) is 171 Å². The van der Waals surface area contributed by atoms with E-state index in [1.807, 2.05) is 0 Å². The number of rotatable bonds is 9. The lowest BCUT2D eigenvalue weighted by Crippen LogP contribution is -2.14. The van der Waals surface area contributed by atoms with Gasteiger partial charge in [-0.15, -0.1) is 0 Å². The van der Waals surface area contributed by atoms with E-state index in [1.54, 1.807) is 43.3 Å². The van der Waals surface area contributed by atoms with Gasteiger partial charge in [-0.2, -0.15) is 4.98 Å². The molecule has 1 heterocycles. The summed E-state index contributed by atoms with van der Waals surface area (Å²) in [6, 6.07) is 11.2. The molecule has 1 aromatic heterocycles. The number of nitrogens with zero attached hydrogens (tertiary/aromatic N) is 3. The van der Waals surface area contributed by atoms with Crippen molar-refractivity contribution < 1.29 is 24.4 Å². The maximum Gasteiger partial charge on any atom is 0.395 e. The van der Waals surface area contributed by atoms with Gasteiger partial charge in [-0.3, -0.25) is 25.0 Å². The lowest BCUT2D eigenvalue weighted by Gasteiger charge is -2.13. The van der Waals surface area contributed by atoms with Gasteiger partial charge in [-0.1, -0.05) is 24.3 Å². The Morgan fingerprint density at radius 1 is 1.06 bits per heavy atom. The maximum atomic E-state index is 11.7. The molecule has 0 saturated carbocycles. The normalized spacial score (nSPS) is 10.8. The number of nitro groups is 2. The minimum Gasteiger partial charge on any atom is -0.490 e. The van der Waals surface area contributed by atoms with E-state index < -0.39 is 27.0 Å². The number of aromatic amines is 1. The maximum absolute atomic E-state index is 11.7. The summed E-state index contributed by atoms with van der Waals surface area (Å²) < 4.78 is 11.3. The van der Waals surface area contributed by atoms with E-state index in [2.05, 4.69) is 9.97 Å². The summed E-state index contributed by atoms with van der Waals surface area (Å²) in [5, 5.41) is 31.6. The molecule has 3 aromatic rings. The molecule has 0 aliphatic rings. The van der Waals surface area contributed by atoms with Crippen LogP contribution in [0.15, 0.2) is 47.3 Å². The third-order valence-corrected chi connectivity index (χ3v) is 4.35. The summed E-state index contributed by atoms with van der Waals surface area (Å²) >= 11 is 0. The molecule has 0 unspecified atom stereocenters. The van der Waals surface area contributed by atoms with E-state index in [-0.39, 0.29) is 18.1 Å². The standard InChI is InChI=1S/C21H18N4O8/c1-2-32-17-11-13(8-10-18-22-20(26)19(25(30)31)21(27)23-18)7-9-16(17)33-12-14-5-3-4-6-15(14)24(28)29/h3-11H,2,12H2,1H3,(H2,22,23,26,27)/b10-8-. The molecule has 2 aromatic carbocycles. The Balaban J connectivity index is 1.82. The van der Waals surface area contributed by atoms with Gasteiger partial charge in [0.1, 0.15) is 12.4 Å². The smallest absolute Gasteiger partial charge is 0.395 e. The first-order chi connectivity index (χ1) is 15.8. The van der Waals surface area contributed by atoms with Crippen molar-refractivity contribution in [2.24, 2.45) is 0 Å². The first-order valence-corrected chi connectivity index (χ1v) is 9.57. The summed E-state index contributed by atoms with van der Waals surface area (Å²) in [6.07, 6.45) is 2.89. The molecule has 33 heavy (non-hydrogen) atoms. The van der Waals surface area contributed by atoms with Crippen LogP contribution in [0.2, 0.25) is 0 Å². The largest absolute Gasteiger partial charge is 0.490 e. The van der Waals surface area contributed by atoms with Crippen molar-refractivity contribution in [1.82, 2.24) is 9.97 Å². The van der Waals surface area contributed by atoms with Crippen LogP contribution in [0.4, 0.5) is 11.4 Å². The molecule has 0 fully saturated rings. The average Bonchev–Trinajstić information content (AvgIpc) is 2.76. The number of aromatic hydroxyl groups is 1. The average molecular weight is 454 g/mol. The van der Waals surface area contributed by atoms with Gasteiger partial charge < -0.3 is 19.6 Å². The van der Waals surface area contributed by atoms with Gasteiger partial charge in [0, 0.05) is 6.07 Å². The number of nitrogens with one attached hydrogen (secondary N) is 1. The third-order valence-electron chi connectivity index (χ3n) is 4.35. The Bertz CT molecular complexity index is 1290. The van der Waals surface area contributed by atoms with Crippen LogP contribution >= 0.6 is 0 Å². The summed E-state index contributed by atoms with van der Waals surface area (Å²) in [6.45, 7) is 2.07. The van der Waals surface area contributed by atoms with Crippen LogP contribution in [0.3, 0.4) is 0 Å². The Kier molecular flexibility index (Phi) is 6.98. The minimum atomic E-state index is -1.08. The van der Waals surface area contributed by atoms with E-state index in [0.717, 1.165) is 0 Å². The highest BCUT2D eigenvalue weighted by molar-refractivity contribution is 5.68. The zero-order valence-corrected chi connectivity index (χ0v) is 17.3. The fourth-order valence-corrected chi connectivity index (χ4v) is 2.87. The molecule has 0 radical (unpaired) electrons. The van der Waals surface area contributed by atoms with Gasteiger partial charge >= 0.3 is 11.2 Å². The predicted octanol–water partition coefficient (Wildman–Crippen LogP) is 3.44. The number of H-pyrrole nitrogens is 1. The molecular formula is C21H18N4O8. The number of aromatic nitrogens is 2. The highest BCUT2D eigenvalue weighted by atomic mass is 16.6. The quantitative estimate of drug-likeness (QED) is 0.363. The molecule has 0 amide bonds. The summed E-state index contributed by atoms with van der Waals surface area (Å²) in [5.41, 5.74) is -1.16. The number of nitro benzene ring substituents is 1. The van der Waals surface area contributed by atoms with Gasteiger partial charge in [-0.25, -0.2) is 0 Å². The third kappa shape index (κ3) is 5.50. The summed E-state index contributed by atoms with van der Waals surface area (Å²) in [5.74, 6) is -0.326. The van der Waals surface area contributed by atoms with Crippen molar-refractivity contribution >= 4 is 23.5 Å². The van der Waals surface area contributed by atoms with E-state index in [1.165, 1.54) is 18.2 Å². The molecule has 12 nitrogen and oxygen atoms in total. The molecular weight excluding hydrogens is 436 g/mol. The van der Waals surface area contributed by atoms with Crippen LogP contribution in [0.1, 0.15) is 23.9 Å². The van der Waals surface area contributed by atoms with Crippen molar-refractivity contribution in [1.29, 1.82) is 0 Å². The first kappa shape index (κ1) is 22.9. The first-order valence-electron chi connectivity index (χ1n) is 9.57. The summed E-state index contributed by atoms with van der Waals surface area (Å²) in [7, 11) is 0. The molecule has 0 bridgehead atoms. The predicted molar refractivity (Wildman–Crippen MR) is 117 cm³/mol. The Morgan fingerprint density at radius 3 is 2.48 bits per heavy atom. The molecule has 0 aliphatic carbocycles. The number of ether oxygens (including phenoxy) is 2. The molecule has 0 aliphatic heterocycles. The van der Waals surface area contributed by atoms with Gasteiger partial charge in [0.25, 0.3) is 11.6 Å². The van der Waals surface area contributed by atoms with Crippen molar-refractivity contribution in [3.05, 3.63) is 90.0 Å². The number of hydrogen-bond acceptors (Lipinski definition) is 9. The van der Waals surface area contributed by atoms with E-state index >= 15 is 0 Å². The zero-order chi connectivity index (χ0) is 24.0. The number of benzene rings is 2. The Labute approximate surface area is 186 Å². The fourth-order valence-electron chi connectivity index (χ4n) is 2.87. The second-order valence-electron chi connectivity index (χ2n) is 6.53. The van der Waals surface area contributed by atoms with Crippen LogP contribution in [-0.4, -0.2) is 31.5 Å². The van der Waals surface area contributed by atoms with Crippen LogP contribution in [0.25, 0.3) is 12.2 Å². The SMILES string of the molecule is CCOc1cc(/C=C\c2nc(O)c([N+](=O)[O-])c(=O)[nH]2)ccc1OCc1ccccc1[N+](=O)[O-]. The minimum absolute atomic E-state index is 0.0420. The molecule has 0 atom stereocenters. The lowest BCUT2D eigenvalue weighted by molar-refractivity contribution is -0.387. The van der Waals surface area contributed by atoms with Crippen molar-refractivity contribution in [2.75, 3.05) is 6.61 Å². The van der Waals surface area contributed by atoms with E-state index in [4.69, 9.17) is 9.47 Å². The summed E-state index contributed by atoms with van der Waals surface area (Å²) in [4.78, 5) is 38.0. The fraction of sp³-hybridized carbons (Fsp3) is 0.143. The van der Waals surface area contributed by atoms with Crippen molar-refractivity contribution in [3.63, 3.8) is 0 Å². The highest BCUT2D eigenvalue weighted by Crippen LogP contribution is 2.31. The second kappa shape index (κ2) is 10.0. The van der Waals surface area contributed by atoms with Gasteiger partial charge in [0.15, 0.2) is 11.5 Å². The van der Waals surface area contributed by atoms with Crippen LogP contribution in [-0.2, 0) is 6.61 Å². The Morgan fingerprint density at radius 2 is 1.82 bits per heavy atom. The number of hydrogen-bond donors (Lipinski definition) is 2. The Hall–Kier alpha value is -4.74. The van der Waals surface area contributed by atoms with Gasteiger partial charge in [-0.05, 0) is 36.8 Å². The van der Waals surface area contributed by atoms with Gasteiger partial charge in [0.05, 0.1) is 22.0 Å². The van der Waals surface area contributed by atoms with E-state index in [9.17, 15) is 30.1 Å². The molecule has 3 rings (SSSR count). The van der Waals surface area contributed by atoms with Gasteiger partial charge in [0.2, 0.25) is 0 Å². The van der Waals surface area contributed by atoms with E-state index in [0.29, 0.717) is 29.2 Å². The monoisotopic (exact) mass is 454 g/mol. The molecule has 2 N–H and O–H groups in total. The van der Waals surface area contributed by atoms with Crippen LogP contribution in [0, 0.1) is 20.2 Å². The second-order valence-corrected chi connectivity index (χ2v) is 6.53. The zero-order valence-electron chi connectivity index (χ0n) is 17.3. The molecule has 12 heteroatoms. The molecule has 0 saturated heterocycles. The molecule has 0 spiro atoms. The van der Waals surface area contributed by atoms with Crippen LogP contribution < -0.4 is 15.0 Å². The number of para-hydroxylation sites is 1. The van der Waals surface area contributed by atoms with Crippen molar-refractivity contribution in [3.8, 4) is 17.4 Å².